The van der Waals surface area contributed by atoms with Gasteiger partial charge in [0.1, 0.15) is 11.5 Å². The molecule has 1 aliphatic carbocycles. The Bertz CT molecular complexity index is 1310. The fourth-order valence-corrected chi connectivity index (χ4v) is 8.68. The molecule has 9 heteroatoms. The average molecular weight is 611 g/mol. The van der Waals surface area contributed by atoms with Gasteiger partial charge in [0.05, 0.1) is 13.2 Å². The Morgan fingerprint density at radius 2 is 1.77 bits per heavy atom. The molecule has 2 aliphatic heterocycles. The van der Waals surface area contributed by atoms with Crippen LogP contribution in [0.3, 0.4) is 0 Å². The third-order valence-corrected chi connectivity index (χ3v) is 11.3. The van der Waals surface area contributed by atoms with Crippen LogP contribution < -0.4 is 15.8 Å². The maximum absolute atomic E-state index is 13.8. The molecule has 1 saturated carbocycles. The molecule has 1 aromatic heterocycles. The smallest absolute Gasteiger partial charge is 0.253 e. The Balaban J connectivity index is 1.38. The van der Waals surface area contributed by atoms with E-state index in [2.05, 4.69) is 46.1 Å². The van der Waals surface area contributed by atoms with Crippen LogP contribution in [0.2, 0.25) is 0 Å². The first-order valence-electron chi connectivity index (χ1n) is 16.3. The van der Waals surface area contributed by atoms with E-state index < -0.39 is 11.2 Å². The highest BCUT2D eigenvalue weighted by Crippen LogP contribution is 2.40. The number of aromatic nitrogens is 1. The van der Waals surface area contributed by atoms with E-state index in [-0.39, 0.29) is 18.0 Å². The summed E-state index contributed by atoms with van der Waals surface area (Å²) in [6, 6.07) is 6.74. The highest BCUT2D eigenvalue weighted by Gasteiger charge is 2.31. The van der Waals surface area contributed by atoms with E-state index in [1.807, 2.05) is 19.9 Å². The highest BCUT2D eigenvalue weighted by atomic mass is 32.2. The first kappa shape index (κ1) is 32.1. The van der Waals surface area contributed by atoms with Gasteiger partial charge in [-0.2, -0.15) is 0 Å². The van der Waals surface area contributed by atoms with Crippen molar-refractivity contribution in [3.8, 4) is 0 Å². The Hall–Kier alpha value is -2.33. The molecule has 1 aromatic carbocycles. The number of carbonyl (C=O) groups is 1. The lowest BCUT2D eigenvalue weighted by atomic mass is 9.77. The number of morpholine rings is 1. The summed E-state index contributed by atoms with van der Waals surface area (Å²) in [7, 11) is 0. The van der Waals surface area contributed by atoms with Crippen molar-refractivity contribution < 1.29 is 14.1 Å². The molecular weight excluding hydrogens is 560 g/mol. The van der Waals surface area contributed by atoms with E-state index in [0.717, 1.165) is 99.1 Å². The van der Waals surface area contributed by atoms with Gasteiger partial charge in [0, 0.05) is 74.1 Å². The van der Waals surface area contributed by atoms with Crippen LogP contribution >= 0.6 is 0 Å². The molecule has 236 valence electrons. The summed E-state index contributed by atoms with van der Waals surface area (Å²) in [6.45, 7) is 14.0. The summed E-state index contributed by atoms with van der Waals surface area (Å²) in [4.78, 5) is 34.3. The van der Waals surface area contributed by atoms with Crippen molar-refractivity contribution in [2.24, 2.45) is 5.92 Å². The second kappa shape index (κ2) is 14.6. The maximum atomic E-state index is 13.8. The van der Waals surface area contributed by atoms with E-state index >= 15 is 0 Å². The van der Waals surface area contributed by atoms with Gasteiger partial charge in [-0.3, -0.25) is 14.5 Å². The number of nitrogens with zero attached hydrogens (tertiary/aromatic N) is 2. The van der Waals surface area contributed by atoms with Crippen LogP contribution in [0.15, 0.2) is 23.0 Å². The molecule has 0 bridgehead atoms. The summed E-state index contributed by atoms with van der Waals surface area (Å²) in [5, 5.41) is 3.08. The fourth-order valence-electron chi connectivity index (χ4n) is 7.40. The number of benzene rings is 1. The van der Waals surface area contributed by atoms with E-state index in [4.69, 9.17) is 4.74 Å². The van der Waals surface area contributed by atoms with Crippen molar-refractivity contribution in [3.05, 3.63) is 62.1 Å². The van der Waals surface area contributed by atoms with Crippen molar-refractivity contribution in [3.63, 3.8) is 0 Å². The normalized spacial score (nSPS) is 25.0. The molecule has 5 rings (SSSR count). The Morgan fingerprint density at radius 3 is 2.42 bits per heavy atom. The minimum atomic E-state index is -0.723. The highest BCUT2D eigenvalue weighted by molar-refractivity contribution is 7.91. The van der Waals surface area contributed by atoms with Crippen LogP contribution in [-0.4, -0.2) is 77.3 Å². The minimum Gasteiger partial charge on any atom is -0.616 e. The number of ether oxygens (including phenoxy) is 1. The molecule has 2 N–H and O–H groups in total. The van der Waals surface area contributed by atoms with Gasteiger partial charge < -0.3 is 24.5 Å². The number of nitrogens with one attached hydrogen (secondary N) is 2. The lowest BCUT2D eigenvalue weighted by molar-refractivity contribution is 0.0273. The zero-order valence-corrected chi connectivity index (χ0v) is 27.3. The van der Waals surface area contributed by atoms with Crippen LogP contribution in [-0.2, 0) is 22.5 Å². The van der Waals surface area contributed by atoms with Crippen LogP contribution in [0, 0.1) is 26.7 Å². The van der Waals surface area contributed by atoms with Crippen LogP contribution in [0.4, 0.5) is 5.69 Å². The average Bonchev–Trinajstić information content (AvgIpc) is 2.99. The molecule has 0 radical (unpaired) electrons. The van der Waals surface area contributed by atoms with Gasteiger partial charge in [0.15, 0.2) is 0 Å². The number of aryl methyl sites for hydroxylation is 2. The first-order chi connectivity index (χ1) is 20.7. The van der Waals surface area contributed by atoms with E-state index in [1.165, 1.54) is 18.4 Å². The Labute approximate surface area is 260 Å². The molecule has 3 heterocycles. The summed E-state index contributed by atoms with van der Waals surface area (Å²) in [6.07, 6.45) is 6.49. The molecule has 0 atom stereocenters. The molecule has 1 amide bonds. The van der Waals surface area contributed by atoms with Crippen LogP contribution in [0.1, 0.15) is 89.7 Å². The van der Waals surface area contributed by atoms with Gasteiger partial charge in [0.2, 0.25) is 0 Å². The third kappa shape index (κ3) is 7.85. The van der Waals surface area contributed by atoms with E-state index in [1.54, 1.807) is 0 Å². The van der Waals surface area contributed by atoms with Crippen LogP contribution in [0.25, 0.3) is 0 Å². The zero-order chi connectivity index (χ0) is 30.5. The number of pyridine rings is 1. The van der Waals surface area contributed by atoms with Gasteiger partial charge in [-0.1, -0.05) is 11.2 Å². The molecular formula is C34H50N4O4S. The lowest BCUT2D eigenvalue weighted by Gasteiger charge is -2.38. The second-order valence-corrected chi connectivity index (χ2v) is 14.5. The Morgan fingerprint density at radius 1 is 1.07 bits per heavy atom. The number of aromatic amines is 1. The van der Waals surface area contributed by atoms with Gasteiger partial charge in [-0.25, -0.2) is 0 Å². The van der Waals surface area contributed by atoms with Crippen molar-refractivity contribution in [2.45, 2.75) is 84.7 Å². The number of carbonyl (C=O) groups excluding carboxylic acids is 1. The van der Waals surface area contributed by atoms with Crippen molar-refractivity contribution >= 4 is 22.8 Å². The monoisotopic (exact) mass is 610 g/mol. The molecule has 43 heavy (non-hydrogen) atoms. The molecule has 3 aliphatic rings. The largest absolute Gasteiger partial charge is 0.616 e. The van der Waals surface area contributed by atoms with Crippen molar-refractivity contribution in [1.29, 1.82) is 0 Å². The topological polar surface area (TPSA) is 101 Å². The first-order valence-corrected chi connectivity index (χ1v) is 17.8. The number of amides is 1. The van der Waals surface area contributed by atoms with Crippen LogP contribution in [0.5, 0.6) is 0 Å². The standard InChI is InChI=1S/C34H50N4O4S/c1-5-38(29-10-16-43(41)17-11-29)32-20-28(27-8-6-26(7-9-27)22-37-12-14-42-15-13-37)19-30(25(32)4)33(39)35-21-31-23(2)18-24(3)36-34(31)40/h18-20,26-27,29H,5-17,21-22H2,1-4H3,(H,35,39)(H,36,40). The Kier molecular flexibility index (Phi) is 10.9. The lowest BCUT2D eigenvalue weighted by Crippen LogP contribution is -2.42. The molecule has 3 fully saturated rings. The predicted octanol–water partition coefficient (Wildman–Crippen LogP) is 4.57. The summed E-state index contributed by atoms with van der Waals surface area (Å²) in [5.74, 6) is 2.48. The number of rotatable bonds is 9. The summed E-state index contributed by atoms with van der Waals surface area (Å²) >= 11 is -0.723. The summed E-state index contributed by atoms with van der Waals surface area (Å²) in [5.41, 5.74) is 6.19. The van der Waals surface area contributed by atoms with Crippen molar-refractivity contribution in [1.82, 2.24) is 15.2 Å². The number of hydrogen-bond acceptors (Lipinski definition) is 6. The number of anilines is 1. The van der Waals surface area contributed by atoms with Gasteiger partial charge in [-0.05, 0) is 100 Å². The van der Waals surface area contributed by atoms with Gasteiger partial charge in [-0.15, -0.1) is 0 Å². The number of H-pyrrole nitrogens is 1. The number of hydrogen-bond donors (Lipinski definition) is 2. The fraction of sp³-hybridized carbons (Fsp3) is 0.647. The van der Waals surface area contributed by atoms with E-state index in [9.17, 15) is 14.1 Å². The molecule has 8 nitrogen and oxygen atoms in total. The van der Waals surface area contributed by atoms with E-state index in [0.29, 0.717) is 29.0 Å². The second-order valence-electron chi connectivity index (χ2n) is 12.8. The zero-order valence-electron chi connectivity index (χ0n) is 26.5. The predicted molar refractivity (Wildman–Crippen MR) is 175 cm³/mol. The van der Waals surface area contributed by atoms with Gasteiger partial charge >= 0.3 is 0 Å². The molecule has 0 spiro atoms. The third-order valence-electron chi connectivity index (χ3n) is 9.95. The molecule has 0 unspecified atom stereocenters. The van der Waals surface area contributed by atoms with Crippen molar-refractivity contribution in [2.75, 3.05) is 55.8 Å². The maximum Gasteiger partial charge on any atom is 0.253 e. The SMILES string of the molecule is CCN(c1cc(C2CCC(CN3CCOCC3)CC2)cc(C(=O)NCc2c(C)cc(C)[nH]c2=O)c1C)C1CC[S+]([O-])CC1. The van der Waals surface area contributed by atoms with Gasteiger partial charge in [0.25, 0.3) is 11.5 Å². The summed E-state index contributed by atoms with van der Waals surface area (Å²) < 4.78 is 17.7. The molecule has 2 aromatic rings. The molecule has 2 saturated heterocycles. The quantitative estimate of drug-likeness (QED) is 0.404. The minimum absolute atomic E-state index is 0.137.